The Hall–Kier alpha value is -1.90. The summed E-state index contributed by atoms with van der Waals surface area (Å²) in [6, 6.07) is 14.5. The maximum atomic E-state index is 4.03. The third kappa shape index (κ3) is 2.57. The molecule has 0 amide bonds. The molecule has 0 saturated heterocycles. The zero-order valence-corrected chi connectivity index (χ0v) is 9.30. The van der Waals surface area contributed by atoms with Crippen molar-refractivity contribution in [3.8, 4) is 0 Å². The molecule has 0 radical (unpaired) electrons. The summed E-state index contributed by atoms with van der Waals surface area (Å²) < 4.78 is 0. The highest BCUT2D eigenvalue weighted by atomic mass is 15.2. The van der Waals surface area contributed by atoms with E-state index in [1.165, 1.54) is 5.56 Å². The van der Waals surface area contributed by atoms with E-state index in [0.717, 1.165) is 12.2 Å². The predicted octanol–water partition coefficient (Wildman–Crippen LogP) is 3.04. The van der Waals surface area contributed by atoms with Crippen LogP contribution in [-0.2, 0) is 0 Å². The van der Waals surface area contributed by atoms with Gasteiger partial charge in [0.25, 0.3) is 0 Å². The molecule has 1 aromatic heterocycles. The summed E-state index contributed by atoms with van der Waals surface area (Å²) in [6.45, 7) is 2.15. The van der Waals surface area contributed by atoms with E-state index in [4.69, 9.17) is 0 Å². The van der Waals surface area contributed by atoms with Crippen LogP contribution in [0.4, 0.5) is 5.82 Å². The van der Waals surface area contributed by atoms with Crippen LogP contribution in [0.15, 0.2) is 48.7 Å². The van der Waals surface area contributed by atoms with E-state index in [2.05, 4.69) is 46.7 Å². The molecule has 0 aliphatic rings. The topological polar surface area (TPSA) is 37.8 Å². The van der Waals surface area contributed by atoms with Crippen molar-refractivity contribution in [2.24, 2.45) is 0 Å². The maximum absolute atomic E-state index is 4.03. The van der Waals surface area contributed by atoms with Crippen LogP contribution in [0.25, 0.3) is 0 Å². The molecule has 0 fully saturated rings. The number of nitrogens with one attached hydrogen (secondary N) is 1. The molecule has 1 heterocycles. The highest BCUT2D eigenvalue weighted by molar-refractivity contribution is 5.36. The molecule has 16 heavy (non-hydrogen) atoms. The molecule has 0 bridgehead atoms. The standard InChI is InChI=1S/C13H15N3/c1-2-12(11-7-4-3-5-8-11)15-13-9-6-10-14-16-13/h3-10,12H,2H2,1H3,(H,15,16). The first-order valence-corrected chi connectivity index (χ1v) is 5.49. The molecule has 1 unspecified atom stereocenters. The molecule has 0 aliphatic heterocycles. The fourth-order valence-corrected chi connectivity index (χ4v) is 1.66. The molecule has 0 spiro atoms. The van der Waals surface area contributed by atoms with Crippen LogP contribution < -0.4 is 5.32 Å². The average molecular weight is 213 g/mol. The van der Waals surface area contributed by atoms with Gasteiger partial charge in [0, 0.05) is 6.20 Å². The highest BCUT2D eigenvalue weighted by Crippen LogP contribution is 2.20. The SMILES string of the molecule is CCC(Nc1cccnn1)c1ccccc1. The third-order valence-electron chi connectivity index (χ3n) is 2.50. The van der Waals surface area contributed by atoms with Gasteiger partial charge < -0.3 is 5.32 Å². The van der Waals surface area contributed by atoms with E-state index in [0.29, 0.717) is 0 Å². The van der Waals surface area contributed by atoms with Gasteiger partial charge in [0.05, 0.1) is 6.04 Å². The lowest BCUT2D eigenvalue weighted by atomic mass is 10.0. The molecule has 3 nitrogen and oxygen atoms in total. The van der Waals surface area contributed by atoms with Crippen molar-refractivity contribution in [2.45, 2.75) is 19.4 Å². The van der Waals surface area contributed by atoms with Gasteiger partial charge >= 0.3 is 0 Å². The van der Waals surface area contributed by atoms with Gasteiger partial charge in [-0.25, -0.2) is 0 Å². The average Bonchev–Trinajstić information content (AvgIpc) is 2.38. The molecule has 82 valence electrons. The molecule has 2 aromatic rings. The first-order valence-electron chi connectivity index (χ1n) is 5.49. The minimum Gasteiger partial charge on any atom is -0.362 e. The second-order valence-corrected chi connectivity index (χ2v) is 3.62. The quantitative estimate of drug-likeness (QED) is 0.848. The number of rotatable bonds is 4. The highest BCUT2D eigenvalue weighted by Gasteiger charge is 2.08. The molecule has 1 N–H and O–H groups in total. The first kappa shape index (κ1) is 10.6. The van der Waals surface area contributed by atoms with Crippen LogP contribution in [0.1, 0.15) is 24.9 Å². The van der Waals surface area contributed by atoms with E-state index < -0.39 is 0 Å². The van der Waals surface area contributed by atoms with Gasteiger partial charge in [0.2, 0.25) is 0 Å². The third-order valence-corrected chi connectivity index (χ3v) is 2.50. The van der Waals surface area contributed by atoms with Crippen molar-refractivity contribution < 1.29 is 0 Å². The van der Waals surface area contributed by atoms with Gasteiger partial charge in [-0.1, -0.05) is 37.3 Å². The van der Waals surface area contributed by atoms with E-state index >= 15 is 0 Å². The number of nitrogens with zero attached hydrogens (tertiary/aromatic N) is 2. The smallest absolute Gasteiger partial charge is 0.149 e. The van der Waals surface area contributed by atoms with Crippen molar-refractivity contribution >= 4 is 5.82 Å². The van der Waals surface area contributed by atoms with Crippen LogP contribution in [0.2, 0.25) is 0 Å². The Morgan fingerprint density at radius 1 is 1.12 bits per heavy atom. The van der Waals surface area contributed by atoms with E-state index in [-0.39, 0.29) is 6.04 Å². The number of hydrogen-bond acceptors (Lipinski definition) is 3. The Labute approximate surface area is 95.5 Å². The predicted molar refractivity (Wildman–Crippen MR) is 65.1 cm³/mol. The summed E-state index contributed by atoms with van der Waals surface area (Å²) in [4.78, 5) is 0. The fourth-order valence-electron chi connectivity index (χ4n) is 1.66. The lowest BCUT2D eigenvalue weighted by Gasteiger charge is -2.17. The van der Waals surface area contributed by atoms with Crippen molar-refractivity contribution in [3.63, 3.8) is 0 Å². The first-order chi connectivity index (χ1) is 7.90. The van der Waals surface area contributed by atoms with E-state index in [1.54, 1.807) is 6.20 Å². The molecule has 1 aromatic carbocycles. The molecule has 3 heteroatoms. The lowest BCUT2D eigenvalue weighted by molar-refractivity contribution is 0.740. The summed E-state index contributed by atoms with van der Waals surface area (Å²) in [5, 5.41) is 11.3. The largest absolute Gasteiger partial charge is 0.362 e. The molecule has 0 saturated carbocycles. The number of benzene rings is 1. The summed E-state index contributed by atoms with van der Waals surface area (Å²) in [6.07, 6.45) is 2.69. The van der Waals surface area contributed by atoms with Gasteiger partial charge in [0.1, 0.15) is 5.82 Å². The van der Waals surface area contributed by atoms with Crippen LogP contribution in [0, 0.1) is 0 Å². The van der Waals surface area contributed by atoms with Crippen molar-refractivity contribution in [3.05, 3.63) is 54.2 Å². The van der Waals surface area contributed by atoms with Crippen molar-refractivity contribution in [2.75, 3.05) is 5.32 Å². The Balaban J connectivity index is 2.13. The minimum atomic E-state index is 0.290. The minimum absolute atomic E-state index is 0.290. The van der Waals surface area contributed by atoms with Gasteiger partial charge in [0.15, 0.2) is 0 Å². The van der Waals surface area contributed by atoms with Crippen molar-refractivity contribution in [1.29, 1.82) is 0 Å². The second-order valence-electron chi connectivity index (χ2n) is 3.62. The summed E-state index contributed by atoms with van der Waals surface area (Å²) in [5.41, 5.74) is 1.27. The fraction of sp³-hybridized carbons (Fsp3) is 0.231. The lowest BCUT2D eigenvalue weighted by Crippen LogP contribution is -2.10. The van der Waals surface area contributed by atoms with Crippen LogP contribution in [0.3, 0.4) is 0 Å². The molecular weight excluding hydrogens is 198 g/mol. The maximum Gasteiger partial charge on any atom is 0.149 e. The van der Waals surface area contributed by atoms with Crippen LogP contribution >= 0.6 is 0 Å². The van der Waals surface area contributed by atoms with E-state index in [9.17, 15) is 0 Å². The molecule has 1 atom stereocenters. The summed E-state index contributed by atoms with van der Waals surface area (Å²) in [7, 11) is 0. The number of anilines is 1. The summed E-state index contributed by atoms with van der Waals surface area (Å²) in [5.74, 6) is 0.818. The van der Waals surface area contributed by atoms with Crippen molar-refractivity contribution in [1.82, 2.24) is 10.2 Å². The Morgan fingerprint density at radius 3 is 2.56 bits per heavy atom. The summed E-state index contributed by atoms with van der Waals surface area (Å²) >= 11 is 0. The van der Waals surface area contributed by atoms with Gasteiger partial charge in [-0.3, -0.25) is 0 Å². The van der Waals surface area contributed by atoms with Gasteiger partial charge in [-0.15, -0.1) is 5.10 Å². The van der Waals surface area contributed by atoms with Gasteiger partial charge in [-0.2, -0.15) is 5.10 Å². The Morgan fingerprint density at radius 2 is 1.94 bits per heavy atom. The van der Waals surface area contributed by atoms with Crippen LogP contribution in [0.5, 0.6) is 0 Å². The number of hydrogen-bond donors (Lipinski definition) is 1. The molecule has 0 aliphatic carbocycles. The second kappa shape index (κ2) is 5.26. The zero-order chi connectivity index (χ0) is 11.2. The number of aromatic nitrogens is 2. The van der Waals surface area contributed by atoms with Gasteiger partial charge in [-0.05, 0) is 24.1 Å². The monoisotopic (exact) mass is 213 g/mol. The Bertz CT molecular complexity index is 414. The normalized spacial score (nSPS) is 12.1. The van der Waals surface area contributed by atoms with E-state index in [1.807, 2.05) is 18.2 Å². The molecule has 2 rings (SSSR count). The zero-order valence-electron chi connectivity index (χ0n) is 9.30. The van der Waals surface area contributed by atoms with Crippen LogP contribution in [-0.4, -0.2) is 10.2 Å². The molecular formula is C13H15N3. The Kier molecular flexibility index (Phi) is 3.49.